The van der Waals surface area contributed by atoms with Gasteiger partial charge in [-0.05, 0) is 52.1 Å². The second-order valence-electron chi connectivity index (χ2n) is 6.60. The molecule has 0 N–H and O–H groups in total. The van der Waals surface area contributed by atoms with Gasteiger partial charge in [0.1, 0.15) is 0 Å². The Balaban J connectivity index is 4.33. The Morgan fingerprint density at radius 2 is 1.57 bits per heavy atom. The van der Waals surface area contributed by atoms with Gasteiger partial charge in [-0.15, -0.1) is 0 Å². The van der Waals surface area contributed by atoms with E-state index in [2.05, 4.69) is 32.3 Å². The van der Waals surface area contributed by atoms with Gasteiger partial charge in [0.2, 0.25) is 0 Å². The second kappa shape index (κ2) is 14.7. The van der Waals surface area contributed by atoms with Crippen LogP contribution in [-0.4, -0.2) is 36.6 Å². The summed E-state index contributed by atoms with van der Waals surface area (Å²) in [6.45, 7) is 15.0. The van der Waals surface area contributed by atoms with E-state index in [-0.39, 0.29) is 5.97 Å². The van der Waals surface area contributed by atoms with E-state index in [1.807, 2.05) is 0 Å². The summed E-state index contributed by atoms with van der Waals surface area (Å²) in [6.07, 6.45) is 11.0. The highest BCUT2D eigenvalue weighted by molar-refractivity contribution is 5.86. The van der Waals surface area contributed by atoms with E-state index >= 15 is 0 Å². The highest BCUT2D eigenvalue weighted by atomic mass is 16.5. The van der Waals surface area contributed by atoms with Crippen LogP contribution in [0.2, 0.25) is 0 Å². The molecule has 0 saturated carbocycles. The Kier molecular flexibility index (Phi) is 14.2. The number of unbranched alkanes of at least 4 members (excludes halogenated alkanes) is 3. The molecule has 0 aromatic carbocycles. The van der Waals surface area contributed by atoms with Gasteiger partial charge in [-0.1, -0.05) is 53.0 Å². The summed E-state index contributed by atoms with van der Waals surface area (Å²) in [4.78, 5) is 14.1. The first-order chi connectivity index (χ1) is 11.1. The normalized spacial score (nSPS) is 12.4. The van der Waals surface area contributed by atoms with Crippen molar-refractivity contribution in [3.8, 4) is 0 Å². The predicted molar refractivity (Wildman–Crippen MR) is 99.7 cm³/mol. The molecule has 1 unspecified atom stereocenters. The fraction of sp³-hybridized carbons (Fsp3) is 0.850. The van der Waals surface area contributed by atoms with Gasteiger partial charge in [-0.2, -0.15) is 0 Å². The van der Waals surface area contributed by atoms with Gasteiger partial charge in [-0.3, -0.25) is 0 Å². The van der Waals surface area contributed by atoms with Crippen molar-refractivity contribution < 1.29 is 9.53 Å². The summed E-state index contributed by atoms with van der Waals surface area (Å²) in [5.74, 6) is -0.261. The average molecular weight is 326 g/mol. The molecular weight excluding hydrogens is 286 g/mol. The molecule has 3 nitrogen and oxygen atoms in total. The highest BCUT2D eigenvalue weighted by Gasteiger charge is 2.17. The summed E-state index contributed by atoms with van der Waals surface area (Å²) >= 11 is 0. The molecule has 0 aliphatic rings. The number of nitrogens with zero attached hydrogens (tertiary/aromatic N) is 1. The summed E-state index contributed by atoms with van der Waals surface area (Å²) in [5.41, 5.74) is 0.486. The minimum absolute atomic E-state index is 0.261. The molecule has 0 aromatic heterocycles. The lowest BCUT2D eigenvalue weighted by atomic mass is 10.0. The summed E-state index contributed by atoms with van der Waals surface area (Å²) in [6, 6.07) is 0.635. The first kappa shape index (κ1) is 22.2. The number of esters is 1. The van der Waals surface area contributed by atoms with E-state index in [1.165, 1.54) is 58.0 Å². The van der Waals surface area contributed by atoms with Crippen LogP contribution in [0.5, 0.6) is 0 Å². The van der Waals surface area contributed by atoms with Gasteiger partial charge >= 0.3 is 5.97 Å². The maximum Gasteiger partial charge on any atom is 0.333 e. The predicted octanol–water partition coefficient (Wildman–Crippen LogP) is 5.35. The fourth-order valence-corrected chi connectivity index (χ4v) is 2.97. The van der Waals surface area contributed by atoms with E-state index < -0.39 is 0 Å². The van der Waals surface area contributed by atoms with Gasteiger partial charge in [0, 0.05) is 11.6 Å². The maximum atomic E-state index is 11.4. The Morgan fingerprint density at radius 3 is 2.09 bits per heavy atom. The van der Waals surface area contributed by atoms with Gasteiger partial charge in [0.05, 0.1) is 6.61 Å². The number of hydrogen-bond donors (Lipinski definition) is 0. The zero-order valence-electron chi connectivity index (χ0n) is 16.0. The van der Waals surface area contributed by atoms with Crippen molar-refractivity contribution >= 4 is 5.97 Å². The van der Waals surface area contributed by atoms with E-state index in [1.54, 1.807) is 6.92 Å². The molecular formula is C20H39NO2. The molecule has 0 rings (SSSR count). The molecule has 0 bridgehead atoms. The fourth-order valence-electron chi connectivity index (χ4n) is 2.97. The van der Waals surface area contributed by atoms with Crippen LogP contribution < -0.4 is 0 Å². The van der Waals surface area contributed by atoms with Crippen LogP contribution in [0.1, 0.15) is 85.5 Å². The van der Waals surface area contributed by atoms with Crippen LogP contribution in [0.25, 0.3) is 0 Å². The third-order valence-electron chi connectivity index (χ3n) is 4.19. The second-order valence-corrected chi connectivity index (χ2v) is 6.60. The SMILES string of the molecule is C=C(C)C(=O)OCCCC(CCCCCC)N(CCC)CCC. The lowest BCUT2D eigenvalue weighted by Gasteiger charge is -2.31. The number of carbonyl (C=O) groups is 1. The summed E-state index contributed by atoms with van der Waals surface area (Å²) in [7, 11) is 0. The molecule has 0 amide bonds. The zero-order valence-corrected chi connectivity index (χ0v) is 16.0. The summed E-state index contributed by atoms with van der Waals surface area (Å²) in [5, 5.41) is 0. The minimum atomic E-state index is -0.261. The van der Waals surface area contributed by atoms with Crippen molar-refractivity contribution in [3.63, 3.8) is 0 Å². The van der Waals surface area contributed by atoms with E-state index in [0.717, 1.165) is 12.8 Å². The van der Waals surface area contributed by atoms with Crippen LogP contribution in [0.4, 0.5) is 0 Å². The standard InChI is InChI=1S/C20H39NO2/c1-6-9-10-11-13-19(21(15-7-2)16-8-3)14-12-17-23-20(22)18(4)5/h19H,4,6-17H2,1-3,5H3. The van der Waals surface area contributed by atoms with E-state index in [4.69, 9.17) is 4.74 Å². The topological polar surface area (TPSA) is 29.5 Å². The Bertz CT molecular complexity index is 309. The summed E-state index contributed by atoms with van der Waals surface area (Å²) < 4.78 is 5.24. The Labute approximate surface area is 144 Å². The van der Waals surface area contributed by atoms with Gasteiger partial charge in [0.25, 0.3) is 0 Å². The van der Waals surface area contributed by atoms with Gasteiger partial charge in [-0.25, -0.2) is 4.79 Å². The molecule has 0 aliphatic carbocycles. The Hall–Kier alpha value is -0.830. The minimum Gasteiger partial charge on any atom is -0.462 e. The Morgan fingerprint density at radius 1 is 0.957 bits per heavy atom. The molecule has 0 fully saturated rings. The van der Waals surface area contributed by atoms with Crippen LogP contribution >= 0.6 is 0 Å². The van der Waals surface area contributed by atoms with Crippen molar-refractivity contribution in [1.29, 1.82) is 0 Å². The molecule has 23 heavy (non-hydrogen) atoms. The third kappa shape index (κ3) is 11.4. The molecule has 3 heteroatoms. The van der Waals surface area contributed by atoms with Crippen molar-refractivity contribution in [2.75, 3.05) is 19.7 Å². The quantitative estimate of drug-likeness (QED) is 0.231. The molecule has 0 spiro atoms. The highest BCUT2D eigenvalue weighted by Crippen LogP contribution is 2.17. The lowest BCUT2D eigenvalue weighted by Crippen LogP contribution is -2.37. The van der Waals surface area contributed by atoms with Gasteiger partial charge in [0.15, 0.2) is 0 Å². The average Bonchev–Trinajstić information content (AvgIpc) is 2.52. The van der Waals surface area contributed by atoms with Crippen molar-refractivity contribution in [3.05, 3.63) is 12.2 Å². The number of hydrogen-bond acceptors (Lipinski definition) is 3. The maximum absolute atomic E-state index is 11.4. The molecule has 136 valence electrons. The monoisotopic (exact) mass is 325 g/mol. The number of carbonyl (C=O) groups excluding carboxylic acids is 1. The van der Waals surface area contributed by atoms with Crippen molar-refractivity contribution in [1.82, 2.24) is 4.90 Å². The molecule has 0 heterocycles. The number of rotatable bonds is 15. The smallest absolute Gasteiger partial charge is 0.333 e. The van der Waals surface area contributed by atoms with Crippen LogP contribution in [0, 0.1) is 0 Å². The largest absolute Gasteiger partial charge is 0.462 e. The molecule has 0 radical (unpaired) electrons. The molecule has 0 saturated heterocycles. The first-order valence-corrected chi connectivity index (χ1v) is 9.63. The van der Waals surface area contributed by atoms with Gasteiger partial charge < -0.3 is 9.64 Å². The third-order valence-corrected chi connectivity index (χ3v) is 4.19. The van der Waals surface area contributed by atoms with E-state index in [9.17, 15) is 4.79 Å². The van der Waals surface area contributed by atoms with Crippen LogP contribution in [-0.2, 0) is 9.53 Å². The lowest BCUT2D eigenvalue weighted by molar-refractivity contribution is -0.139. The molecule has 0 aliphatic heterocycles. The first-order valence-electron chi connectivity index (χ1n) is 9.63. The van der Waals surface area contributed by atoms with E-state index in [0.29, 0.717) is 18.2 Å². The molecule has 1 atom stereocenters. The number of ether oxygens (including phenoxy) is 1. The van der Waals surface area contributed by atoms with Crippen LogP contribution in [0.15, 0.2) is 12.2 Å². The molecule has 0 aromatic rings. The zero-order chi connectivity index (χ0) is 17.5. The van der Waals surface area contributed by atoms with Crippen molar-refractivity contribution in [2.45, 2.75) is 91.5 Å². The van der Waals surface area contributed by atoms with Crippen LogP contribution in [0.3, 0.4) is 0 Å². The van der Waals surface area contributed by atoms with Crippen molar-refractivity contribution in [2.24, 2.45) is 0 Å².